The number of rotatable bonds is 4. The van der Waals surface area contributed by atoms with Gasteiger partial charge in [0.15, 0.2) is 0 Å². The Morgan fingerprint density at radius 3 is 2.53 bits per heavy atom. The average molecular weight is 343 g/mol. The van der Waals surface area contributed by atoms with Gasteiger partial charge in [-0.05, 0) is 49.4 Å². The molecule has 100 valence electrons. The van der Waals surface area contributed by atoms with E-state index in [1.54, 1.807) is 12.1 Å². The molecule has 4 heteroatoms. The first kappa shape index (κ1) is 14.5. The summed E-state index contributed by atoms with van der Waals surface area (Å²) in [6.45, 7) is 0. The molecule has 2 aromatic rings. The molecule has 1 nitrogen and oxygen atoms in total. The van der Waals surface area contributed by atoms with Crippen LogP contribution in [0.5, 0.6) is 0 Å². The molecule has 2 aromatic carbocycles. The van der Waals surface area contributed by atoms with E-state index >= 15 is 0 Å². The molecule has 2 rings (SSSR count). The highest BCUT2D eigenvalue weighted by Crippen LogP contribution is 2.24. The molecule has 0 saturated heterocycles. The SMILES string of the molecule is CNC(Cc1ccc(Br)cc1)c1cc(Cl)ccc1F. The third kappa shape index (κ3) is 3.78. The van der Waals surface area contributed by atoms with E-state index in [1.165, 1.54) is 6.07 Å². The van der Waals surface area contributed by atoms with Gasteiger partial charge in [-0.2, -0.15) is 0 Å². The Hall–Kier alpha value is -0.900. The van der Waals surface area contributed by atoms with Crippen molar-refractivity contribution in [3.8, 4) is 0 Å². The van der Waals surface area contributed by atoms with Crippen molar-refractivity contribution in [3.63, 3.8) is 0 Å². The van der Waals surface area contributed by atoms with E-state index in [2.05, 4.69) is 21.2 Å². The number of halogens is 3. The van der Waals surface area contributed by atoms with Crippen molar-refractivity contribution in [3.05, 3.63) is 68.9 Å². The van der Waals surface area contributed by atoms with Crippen LogP contribution in [0.1, 0.15) is 17.2 Å². The van der Waals surface area contributed by atoms with Crippen LogP contribution in [-0.2, 0) is 6.42 Å². The van der Waals surface area contributed by atoms with Crippen LogP contribution in [0.2, 0.25) is 5.02 Å². The van der Waals surface area contributed by atoms with Gasteiger partial charge in [0.05, 0.1) is 0 Å². The minimum absolute atomic E-state index is 0.0973. The van der Waals surface area contributed by atoms with E-state index in [1.807, 2.05) is 31.3 Å². The van der Waals surface area contributed by atoms with Gasteiger partial charge < -0.3 is 5.32 Å². The normalized spacial score (nSPS) is 12.4. The lowest BCUT2D eigenvalue weighted by Gasteiger charge is -2.18. The highest BCUT2D eigenvalue weighted by Gasteiger charge is 2.15. The quantitative estimate of drug-likeness (QED) is 0.846. The summed E-state index contributed by atoms with van der Waals surface area (Å²) in [6, 6.07) is 12.6. The van der Waals surface area contributed by atoms with Gasteiger partial charge in [0.2, 0.25) is 0 Å². The van der Waals surface area contributed by atoms with Crippen LogP contribution in [0.3, 0.4) is 0 Å². The lowest BCUT2D eigenvalue weighted by atomic mass is 9.98. The number of likely N-dealkylation sites (N-methyl/N-ethyl adjacent to an activating group) is 1. The van der Waals surface area contributed by atoms with E-state index < -0.39 is 0 Å². The fraction of sp³-hybridized carbons (Fsp3) is 0.200. The summed E-state index contributed by atoms with van der Waals surface area (Å²) in [5, 5.41) is 3.69. The predicted octanol–water partition coefficient (Wildman–Crippen LogP) is 4.74. The zero-order chi connectivity index (χ0) is 13.8. The third-order valence-corrected chi connectivity index (χ3v) is 3.80. The molecule has 0 aliphatic rings. The minimum atomic E-state index is -0.235. The van der Waals surface area contributed by atoms with Gasteiger partial charge in [0.1, 0.15) is 5.82 Å². The molecule has 1 unspecified atom stereocenters. The van der Waals surface area contributed by atoms with Gasteiger partial charge in [-0.1, -0.05) is 39.7 Å². The Kier molecular flexibility index (Phi) is 4.97. The summed E-state index contributed by atoms with van der Waals surface area (Å²) in [5.41, 5.74) is 1.74. The fourth-order valence-electron chi connectivity index (χ4n) is 2.01. The van der Waals surface area contributed by atoms with Gasteiger partial charge in [0.25, 0.3) is 0 Å². The van der Waals surface area contributed by atoms with Crippen LogP contribution in [0, 0.1) is 5.82 Å². The van der Waals surface area contributed by atoms with Crippen molar-refractivity contribution in [1.29, 1.82) is 0 Å². The Bertz CT molecular complexity index is 557. The fourth-order valence-corrected chi connectivity index (χ4v) is 2.45. The van der Waals surface area contributed by atoms with Crippen LogP contribution in [-0.4, -0.2) is 7.05 Å². The molecule has 0 bridgehead atoms. The molecule has 0 heterocycles. The lowest BCUT2D eigenvalue weighted by molar-refractivity contribution is 0.534. The van der Waals surface area contributed by atoms with Crippen molar-refractivity contribution in [2.24, 2.45) is 0 Å². The Labute approximate surface area is 125 Å². The van der Waals surface area contributed by atoms with Gasteiger partial charge in [-0.15, -0.1) is 0 Å². The predicted molar refractivity (Wildman–Crippen MR) is 81.1 cm³/mol. The van der Waals surface area contributed by atoms with E-state index in [0.717, 1.165) is 10.0 Å². The highest BCUT2D eigenvalue weighted by atomic mass is 79.9. The molecule has 0 radical (unpaired) electrons. The topological polar surface area (TPSA) is 12.0 Å². The van der Waals surface area contributed by atoms with Crippen molar-refractivity contribution in [2.75, 3.05) is 7.05 Å². The van der Waals surface area contributed by atoms with E-state index in [-0.39, 0.29) is 11.9 Å². The zero-order valence-corrected chi connectivity index (χ0v) is 12.8. The number of hydrogen-bond donors (Lipinski definition) is 1. The maximum Gasteiger partial charge on any atom is 0.128 e. The third-order valence-electron chi connectivity index (χ3n) is 3.04. The highest BCUT2D eigenvalue weighted by molar-refractivity contribution is 9.10. The minimum Gasteiger partial charge on any atom is -0.313 e. The van der Waals surface area contributed by atoms with Crippen LogP contribution >= 0.6 is 27.5 Å². The second-order valence-corrected chi connectivity index (χ2v) is 5.69. The molecular weight excluding hydrogens is 329 g/mol. The Morgan fingerprint density at radius 1 is 1.21 bits per heavy atom. The first-order chi connectivity index (χ1) is 9.10. The molecule has 0 fully saturated rings. The number of nitrogens with one attached hydrogen (secondary N) is 1. The van der Waals surface area contributed by atoms with Gasteiger partial charge in [0, 0.05) is 21.1 Å². The van der Waals surface area contributed by atoms with Crippen molar-refractivity contribution in [2.45, 2.75) is 12.5 Å². The number of benzene rings is 2. The molecule has 19 heavy (non-hydrogen) atoms. The molecule has 0 aliphatic heterocycles. The van der Waals surface area contributed by atoms with Crippen molar-refractivity contribution >= 4 is 27.5 Å². The van der Waals surface area contributed by atoms with Crippen LogP contribution in [0.25, 0.3) is 0 Å². The lowest BCUT2D eigenvalue weighted by Crippen LogP contribution is -2.20. The maximum atomic E-state index is 13.9. The summed E-state index contributed by atoms with van der Waals surface area (Å²) in [4.78, 5) is 0. The second-order valence-electron chi connectivity index (χ2n) is 4.34. The molecule has 0 aromatic heterocycles. The van der Waals surface area contributed by atoms with Crippen LogP contribution in [0.4, 0.5) is 4.39 Å². The monoisotopic (exact) mass is 341 g/mol. The summed E-state index contributed by atoms with van der Waals surface area (Å²) in [5.74, 6) is -0.235. The second kappa shape index (κ2) is 6.51. The number of hydrogen-bond acceptors (Lipinski definition) is 1. The van der Waals surface area contributed by atoms with Gasteiger partial charge in [-0.25, -0.2) is 4.39 Å². The maximum absolute atomic E-state index is 13.9. The summed E-state index contributed by atoms with van der Waals surface area (Å²) >= 11 is 9.34. The summed E-state index contributed by atoms with van der Waals surface area (Å²) in [6.07, 6.45) is 0.709. The Balaban J connectivity index is 2.24. The van der Waals surface area contributed by atoms with Crippen LogP contribution < -0.4 is 5.32 Å². The van der Waals surface area contributed by atoms with E-state index in [9.17, 15) is 4.39 Å². The largest absolute Gasteiger partial charge is 0.313 e. The Morgan fingerprint density at radius 2 is 1.89 bits per heavy atom. The first-order valence-corrected chi connectivity index (χ1v) is 7.14. The summed E-state index contributed by atoms with van der Waals surface area (Å²) in [7, 11) is 1.82. The van der Waals surface area contributed by atoms with Gasteiger partial charge >= 0.3 is 0 Å². The van der Waals surface area contributed by atoms with E-state index in [0.29, 0.717) is 17.0 Å². The smallest absolute Gasteiger partial charge is 0.128 e. The zero-order valence-electron chi connectivity index (χ0n) is 10.5. The molecule has 0 aliphatic carbocycles. The molecule has 0 spiro atoms. The van der Waals surface area contributed by atoms with Crippen molar-refractivity contribution < 1.29 is 4.39 Å². The standard InChI is InChI=1S/C15H14BrClFN/c1-19-15(8-10-2-4-11(16)5-3-10)13-9-12(17)6-7-14(13)18/h2-7,9,15,19H,8H2,1H3. The average Bonchev–Trinajstić information content (AvgIpc) is 2.41. The van der Waals surface area contributed by atoms with E-state index in [4.69, 9.17) is 11.6 Å². The summed E-state index contributed by atoms with van der Waals surface area (Å²) < 4.78 is 14.9. The molecular formula is C15H14BrClFN. The van der Waals surface area contributed by atoms with Crippen molar-refractivity contribution in [1.82, 2.24) is 5.32 Å². The molecule has 0 amide bonds. The first-order valence-electron chi connectivity index (χ1n) is 5.97. The molecule has 1 atom stereocenters. The van der Waals surface area contributed by atoms with Crippen LogP contribution in [0.15, 0.2) is 46.9 Å². The van der Waals surface area contributed by atoms with Gasteiger partial charge in [-0.3, -0.25) is 0 Å². The molecule has 1 N–H and O–H groups in total. The molecule has 0 saturated carbocycles.